The number of carbonyl (C=O) groups excluding carboxylic acids is 1. The summed E-state index contributed by atoms with van der Waals surface area (Å²) in [6.45, 7) is 1.84. The Labute approximate surface area is 111 Å². The summed E-state index contributed by atoms with van der Waals surface area (Å²) in [4.78, 5) is 26.7. The summed E-state index contributed by atoms with van der Waals surface area (Å²) in [6.07, 6.45) is 5.01. The van der Waals surface area contributed by atoms with Crippen LogP contribution in [0.1, 0.15) is 31.4 Å². The van der Waals surface area contributed by atoms with E-state index in [1.54, 1.807) is 24.5 Å². The standard InChI is InChI=1S/C13H17N3O3/c1-8(9-4-6-14-7-5-9)15-13(19)16-11(12(17)18)10-2-3-10/h4-8,10-11H,2-3H2,1H3,(H,17,18)(H2,15,16,19). The summed E-state index contributed by atoms with van der Waals surface area (Å²) in [7, 11) is 0. The van der Waals surface area contributed by atoms with Gasteiger partial charge in [-0.1, -0.05) is 0 Å². The monoisotopic (exact) mass is 263 g/mol. The van der Waals surface area contributed by atoms with E-state index in [1.165, 1.54) is 0 Å². The molecule has 6 nitrogen and oxygen atoms in total. The number of aliphatic carboxylic acids is 1. The summed E-state index contributed by atoms with van der Waals surface area (Å²) in [5.41, 5.74) is 0.920. The van der Waals surface area contributed by atoms with E-state index in [9.17, 15) is 9.59 Å². The van der Waals surface area contributed by atoms with Gasteiger partial charge in [-0.05, 0) is 43.4 Å². The van der Waals surface area contributed by atoms with Crippen LogP contribution in [0.4, 0.5) is 4.79 Å². The molecule has 1 aromatic rings. The molecule has 1 aliphatic carbocycles. The predicted molar refractivity (Wildman–Crippen MR) is 68.5 cm³/mol. The maximum atomic E-state index is 11.8. The van der Waals surface area contributed by atoms with Crippen LogP contribution in [0.25, 0.3) is 0 Å². The van der Waals surface area contributed by atoms with Crippen molar-refractivity contribution in [2.45, 2.75) is 31.8 Å². The van der Waals surface area contributed by atoms with E-state index in [0.29, 0.717) is 0 Å². The third-order valence-corrected chi connectivity index (χ3v) is 3.20. The highest BCUT2D eigenvalue weighted by Gasteiger charge is 2.37. The van der Waals surface area contributed by atoms with Crippen molar-refractivity contribution >= 4 is 12.0 Å². The van der Waals surface area contributed by atoms with Gasteiger partial charge in [0, 0.05) is 12.4 Å². The Kier molecular flexibility index (Phi) is 3.99. The smallest absolute Gasteiger partial charge is 0.326 e. The number of pyridine rings is 1. The normalized spacial score (nSPS) is 17.3. The van der Waals surface area contributed by atoms with Crippen molar-refractivity contribution in [3.63, 3.8) is 0 Å². The number of hydrogen-bond donors (Lipinski definition) is 3. The molecule has 1 saturated carbocycles. The Bertz CT molecular complexity index is 459. The molecule has 3 N–H and O–H groups in total. The lowest BCUT2D eigenvalue weighted by Crippen LogP contribution is -2.47. The Balaban J connectivity index is 1.88. The third-order valence-electron chi connectivity index (χ3n) is 3.20. The van der Waals surface area contributed by atoms with Crippen LogP contribution in [0.5, 0.6) is 0 Å². The zero-order chi connectivity index (χ0) is 13.8. The molecule has 2 amide bonds. The minimum atomic E-state index is -0.978. The molecule has 6 heteroatoms. The number of nitrogens with one attached hydrogen (secondary N) is 2. The highest BCUT2D eigenvalue weighted by Crippen LogP contribution is 2.32. The topological polar surface area (TPSA) is 91.3 Å². The van der Waals surface area contributed by atoms with Crippen LogP contribution in [-0.2, 0) is 4.79 Å². The lowest BCUT2D eigenvalue weighted by molar-refractivity contribution is -0.139. The van der Waals surface area contributed by atoms with Gasteiger partial charge in [0.05, 0.1) is 6.04 Å². The van der Waals surface area contributed by atoms with Crippen LogP contribution in [0.3, 0.4) is 0 Å². The van der Waals surface area contributed by atoms with Gasteiger partial charge >= 0.3 is 12.0 Å². The maximum Gasteiger partial charge on any atom is 0.326 e. The number of carboxylic acid groups (broad SMARTS) is 1. The Morgan fingerprint density at radius 3 is 2.47 bits per heavy atom. The molecule has 2 rings (SSSR count). The van der Waals surface area contributed by atoms with Crippen molar-refractivity contribution in [1.29, 1.82) is 0 Å². The molecule has 0 bridgehead atoms. The zero-order valence-electron chi connectivity index (χ0n) is 10.7. The molecule has 0 spiro atoms. The summed E-state index contributed by atoms with van der Waals surface area (Å²) in [5.74, 6) is -0.909. The van der Waals surface area contributed by atoms with E-state index in [-0.39, 0.29) is 12.0 Å². The molecular formula is C13H17N3O3. The van der Waals surface area contributed by atoms with Crippen molar-refractivity contribution in [3.05, 3.63) is 30.1 Å². The largest absolute Gasteiger partial charge is 0.480 e. The second kappa shape index (κ2) is 5.69. The predicted octanol–water partition coefficient (Wildman–Crippen LogP) is 1.30. The summed E-state index contributed by atoms with van der Waals surface area (Å²) in [6, 6.07) is 2.17. The van der Waals surface area contributed by atoms with E-state index in [4.69, 9.17) is 5.11 Å². The molecule has 1 heterocycles. The van der Waals surface area contributed by atoms with E-state index < -0.39 is 18.0 Å². The second-order valence-electron chi connectivity index (χ2n) is 4.77. The fraction of sp³-hybridized carbons (Fsp3) is 0.462. The van der Waals surface area contributed by atoms with Crippen LogP contribution in [0.15, 0.2) is 24.5 Å². The average molecular weight is 263 g/mol. The minimum absolute atomic E-state index is 0.0690. The SMILES string of the molecule is CC(NC(=O)NC(C(=O)O)C1CC1)c1ccncc1. The first-order valence-corrected chi connectivity index (χ1v) is 6.27. The fourth-order valence-corrected chi connectivity index (χ4v) is 1.93. The lowest BCUT2D eigenvalue weighted by atomic mass is 10.1. The van der Waals surface area contributed by atoms with Gasteiger partial charge in [-0.25, -0.2) is 9.59 Å². The van der Waals surface area contributed by atoms with Gasteiger partial charge in [0.1, 0.15) is 6.04 Å². The molecule has 0 aromatic carbocycles. The van der Waals surface area contributed by atoms with Gasteiger partial charge in [0.15, 0.2) is 0 Å². The summed E-state index contributed by atoms with van der Waals surface area (Å²) >= 11 is 0. The minimum Gasteiger partial charge on any atom is -0.480 e. The number of urea groups is 1. The molecule has 1 aromatic heterocycles. The first kappa shape index (κ1) is 13.3. The first-order chi connectivity index (χ1) is 9.08. The van der Waals surface area contributed by atoms with Gasteiger partial charge in [-0.3, -0.25) is 4.98 Å². The molecule has 2 unspecified atom stereocenters. The van der Waals surface area contributed by atoms with Gasteiger partial charge in [0.2, 0.25) is 0 Å². The second-order valence-corrected chi connectivity index (χ2v) is 4.77. The number of amides is 2. The van der Waals surface area contributed by atoms with Gasteiger partial charge in [-0.15, -0.1) is 0 Å². The number of carbonyl (C=O) groups is 2. The number of nitrogens with zero attached hydrogens (tertiary/aromatic N) is 1. The highest BCUT2D eigenvalue weighted by atomic mass is 16.4. The van der Waals surface area contributed by atoms with Crippen molar-refractivity contribution in [2.75, 3.05) is 0 Å². The molecule has 1 fully saturated rings. The molecule has 102 valence electrons. The van der Waals surface area contributed by atoms with Crippen LogP contribution in [-0.4, -0.2) is 28.1 Å². The van der Waals surface area contributed by atoms with E-state index in [2.05, 4.69) is 15.6 Å². The van der Waals surface area contributed by atoms with Crippen molar-refractivity contribution in [3.8, 4) is 0 Å². The molecule has 0 radical (unpaired) electrons. The highest BCUT2D eigenvalue weighted by molar-refractivity contribution is 5.83. The Morgan fingerprint density at radius 2 is 1.95 bits per heavy atom. The average Bonchev–Trinajstić information content (AvgIpc) is 3.21. The first-order valence-electron chi connectivity index (χ1n) is 6.27. The number of hydrogen-bond acceptors (Lipinski definition) is 3. The van der Waals surface area contributed by atoms with Gasteiger partial charge < -0.3 is 15.7 Å². The maximum absolute atomic E-state index is 11.8. The molecule has 19 heavy (non-hydrogen) atoms. The molecular weight excluding hydrogens is 246 g/mol. The number of carboxylic acids is 1. The number of rotatable bonds is 5. The summed E-state index contributed by atoms with van der Waals surface area (Å²) < 4.78 is 0. The zero-order valence-corrected chi connectivity index (χ0v) is 10.7. The Hall–Kier alpha value is -2.11. The lowest BCUT2D eigenvalue weighted by Gasteiger charge is -2.18. The van der Waals surface area contributed by atoms with E-state index >= 15 is 0 Å². The molecule has 2 atom stereocenters. The van der Waals surface area contributed by atoms with Gasteiger partial charge in [0.25, 0.3) is 0 Å². The fourth-order valence-electron chi connectivity index (χ4n) is 1.93. The van der Waals surface area contributed by atoms with Crippen LogP contribution in [0.2, 0.25) is 0 Å². The summed E-state index contributed by atoms with van der Waals surface area (Å²) in [5, 5.41) is 14.3. The Morgan fingerprint density at radius 1 is 1.32 bits per heavy atom. The van der Waals surface area contributed by atoms with Crippen LogP contribution >= 0.6 is 0 Å². The van der Waals surface area contributed by atoms with Gasteiger partial charge in [-0.2, -0.15) is 0 Å². The van der Waals surface area contributed by atoms with Crippen molar-refractivity contribution < 1.29 is 14.7 Å². The molecule has 0 saturated heterocycles. The quantitative estimate of drug-likeness (QED) is 0.746. The van der Waals surface area contributed by atoms with Crippen LogP contribution in [0, 0.1) is 5.92 Å². The van der Waals surface area contributed by atoms with Crippen LogP contribution < -0.4 is 10.6 Å². The molecule has 1 aliphatic rings. The van der Waals surface area contributed by atoms with E-state index in [1.807, 2.05) is 6.92 Å². The van der Waals surface area contributed by atoms with Crippen molar-refractivity contribution in [2.24, 2.45) is 5.92 Å². The number of aromatic nitrogens is 1. The van der Waals surface area contributed by atoms with Crippen molar-refractivity contribution in [1.82, 2.24) is 15.6 Å². The third kappa shape index (κ3) is 3.67. The molecule has 0 aliphatic heterocycles. The van der Waals surface area contributed by atoms with E-state index in [0.717, 1.165) is 18.4 Å².